The fourth-order valence-electron chi connectivity index (χ4n) is 0. The Labute approximate surface area is 99.3 Å². The van der Waals surface area contributed by atoms with Crippen molar-refractivity contribution in [2.45, 2.75) is 13.8 Å². The predicted octanol–water partition coefficient (Wildman–Crippen LogP) is -2.87. The molecule has 0 unspecified atom stereocenters. The molecular formula is C4H6CdO4Pb+2. The van der Waals surface area contributed by atoms with Crippen molar-refractivity contribution in [3.8, 4) is 0 Å². The van der Waals surface area contributed by atoms with E-state index in [-0.39, 0.29) is 54.6 Å². The maximum Gasteiger partial charge on any atom is 2.00 e. The third-order valence-electron chi connectivity index (χ3n) is 0. The zero-order valence-corrected chi connectivity index (χ0v) is 13.8. The van der Waals surface area contributed by atoms with Gasteiger partial charge in [0.2, 0.25) is 0 Å². The minimum absolute atomic E-state index is 0. The van der Waals surface area contributed by atoms with Crippen LogP contribution in [-0.2, 0) is 36.9 Å². The van der Waals surface area contributed by atoms with Crippen LogP contribution < -0.4 is 10.2 Å². The number of carbonyl (C=O) groups excluding carboxylic acids is 2. The van der Waals surface area contributed by atoms with E-state index in [1.165, 1.54) is 0 Å². The van der Waals surface area contributed by atoms with Crippen LogP contribution in [0.25, 0.3) is 0 Å². The largest absolute Gasteiger partial charge is 2.00 e. The van der Waals surface area contributed by atoms with Gasteiger partial charge in [0, 0.05) is 11.9 Å². The van der Waals surface area contributed by atoms with Crippen LogP contribution in [0.2, 0.25) is 0 Å². The molecule has 50 valence electrons. The fraction of sp³-hybridized carbons (Fsp3) is 0.500. The van der Waals surface area contributed by atoms with Crippen molar-refractivity contribution in [2.24, 2.45) is 0 Å². The molecule has 0 amide bonds. The Bertz CT molecular complexity index is 75.3. The van der Waals surface area contributed by atoms with Gasteiger partial charge in [-0.2, -0.15) is 0 Å². The molecule has 0 aromatic carbocycles. The molecule has 0 fully saturated rings. The van der Waals surface area contributed by atoms with Gasteiger partial charge in [-0.15, -0.1) is 0 Å². The normalized spacial score (nSPS) is 5.00. The molecule has 0 spiro atoms. The Morgan fingerprint density at radius 3 is 1.00 bits per heavy atom. The molecule has 0 heterocycles. The van der Waals surface area contributed by atoms with Gasteiger partial charge in [-0.1, -0.05) is 0 Å². The molecule has 0 rings (SSSR count). The zero-order chi connectivity index (χ0) is 7.15. The van der Waals surface area contributed by atoms with E-state index in [9.17, 15) is 0 Å². The SMILES string of the molecule is CC(=O)[O-].CC(=O)[O-].[Cd+2].[Pb+2]. The summed E-state index contributed by atoms with van der Waals surface area (Å²) in [7, 11) is 0. The Hall–Kier alpha value is 0.784. The van der Waals surface area contributed by atoms with Crippen LogP contribution in [0.5, 0.6) is 0 Å². The Kier molecular flexibility index (Phi) is 36.8. The standard InChI is InChI=1S/2C2H4O2.Cd.Pb/c2*1-2(3)4;;/h2*1H3,(H,3,4);;/q;;2*+2/p-2. The van der Waals surface area contributed by atoms with Crippen LogP contribution in [0.3, 0.4) is 0 Å². The first-order valence-corrected chi connectivity index (χ1v) is 1.82. The number of rotatable bonds is 0. The van der Waals surface area contributed by atoms with Gasteiger partial charge in [0.15, 0.2) is 0 Å². The molecule has 0 aromatic rings. The summed E-state index contributed by atoms with van der Waals surface area (Å²) in [6, 6.07) is 0. The second-order valence-electron chi connectivity index (χ2n) is 0.983. The summed E-state index contributed by atoms with van der Waals surface area (Å²) in [5.41, 5.74) is 0. The van der Waals surface area contributed by atoms with Crippen molar-refractivity contribution >= 4 is 39.2 Å². The molecule has 0 aliphatic rings. The average Bonchev–Trinajstić information content (AvgIpc) is 1.25. The predicted molar refractivity (Wildman–Crippen MR) is 27.1 cm³/mol. The summed E-state index contributed by atoms with van der Waals surface area (Å²) in [4.78, 5) is 17.8. The van der Waals surface area contributed by atoms with E-state index in [1.807, 2.05) is 0 Å². The monoisotopic (exact) mass is 440 g/mol. The Morgan fingerprint density at radius 1 is 1.00 bits per heavy atom. The van der Waals surface area contributed by atoms with Gasteiger partial charge in [0.25, 0.3) is 0 Å². The Morgan fingerprint density at radius 2 is 1.00 bits per heavy atom. The molecule has 0 saturated carbocycles. The van der Waals surface area contributed by atoms with Crippen molar-refractivity contribution in [1.82, 2.24) is 0 Å². The number of carbonyl (C=O) groups is 2. The third-order valence-corrected chi connectivity index (χ3v) is 0. The molecule has 6 heteroatoms. The second kappa shape index (κ2) is 16.4. The molecule has 0 saturated heterocycles. The second-order valence-corrected chi connectivity index (χ2v) is 0.983. The molecule has 0 aliphatic carbocycles. The average molecular weight is 438 g/mol. The van der Waals surface area contributed by atoms with Crippen LogP contribution in [0.4, 0.5) is 0 Å². The van der Waals surface area contributed by atoms with Crippen molar-refractivity contribution in [3.63, 3.8) is 0 Å². The minimum Gasteiger partial charge on any atom is -0.550 e. The summed E-state index contributed by atoms with van der Waals surface area (Å²) in [6.07, 6.45) is 0. The van der Waals surface area contributed by atoms with E-state index in [2.05, 4.69) is 0 Å². The maximum atomic E-state index is 8.89. The molecule has 0 N–H and O–H groups in total. The van der Waals surface area contributed by atoms with Gasteiger partial charge < -0.3 is 19.8 Å². The molecular weight excluding hydrogens is 432 g/mol. The summed E-state index contributed by atoms with van der Waals surface area (Å²) >= 11 is 0. The number of carboxylic acids is 2. The smallest absolute Gasteiger partial charge is 0.550 e. The number of carboxylic acid groups (broad SMARTS) is 2. The van der Waals surface area contributed by atoms with Crippen LogP contribution in [-0.4, -0.2) is 39.2 Å². The van der Waals surface area contributed by atoms with Crippen LogP contribution in [0.1, 0.15) is 13.8 Å². The van der Waals surface area contributed by atoms with E-state index in [0.29, 0.717) is 0 Å². The summed E-state index contributed by atoms with van der Waals surface area (Å²) < 4.78 is 0. The molecule has 0 atom stereocenters. The molecule has 0 aromatic heterocycles. The Balaban J connectivity index is -0.0000000300. The first kappa shape index (κ1) is 22.4. The van der Waals surface area contributed by atoms with Gasteiger partial charge in [0.1, 0.15) is 0 Å². The third kappa shape index (κ3) is 866. The summed E-state index contributed by atoms with van der Waals surface area (Å²) in [5.74, 6) is -2.17. The zero-order valence-electron chi connectivity index (χ0n) is 5.84. The molecule has 0 bridgehead atoms. The molecule has 2 radical (unpaired) electrons. The topological polar surface area (TPSA) is 80.3 Å². The molecule has 0 aliphatic heterocycles. The number of hydrogen-bond acceptors (Lipinski definition) is 4. The van der Waals surface area contributed by atoms with E-state index in [1.54, 1.807) is 0 Å². The minimum atomic E-state index is -1.08. The van der Waals surface area contributed by atoms with E-state index in [4.69, 9.17) is 19.8 Å². The van der Waals surface area contributed by atoms with Gasteiger partial charge in [-0.25, -0.2) is 0 Å². The van der Waals surface area contributed by atoms with Crippen molar-refractivity contribution < 1.29 is 47.1 Å². The van der Waals surface area contributed by atoms with Crippen molar-refractivity contribution in [3.05, 3.63) is 0 Å². The fourth-order valence-corrected chi connectivity index (χ4v) is 0. The van der Waals surface area contributed by atoms with Crippen molar-refractivity contribution in [2.75, 3.05) is 0 Å². The first-order valence-electron chi connectivity index (χ1n) is 1.82. The van der Waals surface area contributed by atoms with Crippen LogP contribution in [0.15, 0.2) is 0 Å². The van der Waals surface area contributed by atoms with Gasteiger partial charge in [-0.3, -0.25) is 0 Å². The van der Waals surface area contributed by atoms with Crippen LogP contribution >= 0.6 is 0 Å². The summed E-state index contributed by atoms with van der Waals surface area (Å²) in [6.45, 7) is 1.94. The van der Waals surface area contributed by atoms with E-state index < -0.39 is 11.9 Å². The van der Waals surface area contributed by atoms with E-state index >= 15 is 0 Å². The number of hydrogen-bond donors (Lipinski definition) is 0. The maximum absolute atomic E-state index is 8.89. The molecule has 10 heavy (non-hydrogen) atoms. The van der Waals surface area contributed by atoms with Crippen LogP contribution in [0, 0.1) is 0 Å². The van der Waals surface area contributed by atoms with Gasteiger partial charge in [-0.05, 0) is 13.8 Å². The van der Waals surface area contributed by atoms with Gasteiger partial charge in [0.05, 0.1) is 0 Å². The molecule has 4 nitrogen and oxygen atoms in total. The number of aliphatic carboxylic acids is 2. The first-order chi connectivity index (χ1) is 3.46. The van der Waals surface area contributed by atoms with Crippen molar-refractivity contribution in [1.29, 1.82) is 0 Å². The quantitative estimate of drug-likeness (QED) is 0.382. The summed E-state index contributed by atoms with van der Waals surface area (Å²) in [5, 5.41) is 17.8. The van der Waals surface area contributed by atoms with Gasteiger partial charge >= 0.3 is 54.6 Å². The van der Waals surface area contributed by atoms with E-state index in [0.717, 1.165) is 13.8 Å².